The molecule has 7 rings (SSSR count). The molecule has 310 valence electrons. The Morgan fingerprint density at radius 3 is 1.17 bits per heavy atom. The molecular formula is C42H22BF15OS. The average molecular weight is 870 g/mol. The van der Waals surface area contributed by atoms with Crippen molar-refractivity contribution in [3.8, 4) is 5.75 Å². The molecule has 0 aromatic heterocycles. The van der Waals surface area contributed by atoms with Crippen LogP contribution >= 0.6 is 0 Å². The van der Waals surface area contributed by atoms with Crippen molar-refractivity contribution in [2.45, 2.75) is 11.5 Å². The molecule has 0 saturated heterocycles. The lowest BCUT2D eigenvalue weighted by Crippen LogP contribution is -2.79. The largest absolute Gasteiger partial charge is 0.508 e. The van der Waals surface area contributed by atoms with E-state index in [1.807, 2.05) is 12.1 Å². The summed E-state index contributed by atoms with van der Waals surface area (Å²) < 4.78 is 220. The summed E-state index contributed by atoms with van der Waals surface area (Å²) in [7, 11) is 0. The molecule has 7 aromatic carbocycles. The molecule has 0 aliphatic rings. The number of hydrogen-bond donors (Lipinski definition) is 1. The zero-order chi connectivity index (χ0) is 43.8. The van der Waals surface area contributed by atoms with Crippen molar-refractivity contribution in [2.75, 3.05) is 0 Å². The Morgan fingerprint density at radius 2 is 0.733 bits per heavy atom. The van der Waals surface area contributed by atoms with Crippen molar-refractivity contribution in [2.24, 2.45) is 0 Å². The molecule has 0 heterocycles. The van der Waals surface area contributed by atoms with E-state index >= 15 is 26.3 Å². The second kappa shape index (κ2) is 17.3. The summed E-state index contributed by atoms with van der Waals surface area (Å²) in [6.45, 7) is 0. The Hall–Kier alpha value is -6.04. The van der Waals surface area contributed by atoms with Gasteiger partial charge in [0, 0.05) is 11.1 Å². The molecule has 1 nitrogen and oxygen atoms in total. The van der Waals surface area contributed by atoms with E-state index < -0.39 is 115 Å². The van der Waals surface area contributed by atoms with Gasteiger partial charge in [-0.2, -0.15) is 5.46 Å². The smallest absolute Gasteiger partial charge is 0.200 e. The van der Waals surface area contributed by atoms with Crippen LogP contribution in [0.25, 0.3) is 10.8 Å². The Bertz CT molecular complexity index is 2510. The minimum absolute atomic E-state index is 0.333. The predicted octanol–water partition coefficient (Wildman–Crippen LogP) is 9.21. The summed E-state index contributed by atoms with van der Waals surface area (Å²) >= 11 is 1.38. The maximum atomic E-state index is 15.3. The summed E-state index contributed by atoms with van der Waals surface area (Å²) in [5, 5.41) is 11.9. The Morgan fingerprint density at radius 1 is 0.367 bits per heavy atom. The molecular weight excluding hydrogens is 848 g/mol. The van der Waals surface area contributed by atoms with Crippen molar-refractivity contribution in [3.63, 3.8) is 0 Å². The summed E-state index contributed by atoms with van der Waals surface area (Å²) in [5.74, 6) is -43.0. The van der Waals surface area contributed by atoms with Crippen molar-refractivity contribution in [1.29, 1.82) is 0 Å². The van der Waals surface area contributed by atoms with Gasteiger partial charge < -0.3 is 5.11 Å². The van der Waals surface area contributed by atoms with Gasteiger partial charge in [-0.3, -0.25) is 0 Å². The molecule has 1 N–H and O–H groups in total. The van der Waals surface area contributed by atoms with E-state index in [1.165, 1.54) is 33.7 Å². The van der Waals surface area contributed by atoms with E-state index in [-0.39, 0.29) is 0 Å². The van der Waals surface area contributed by atoms with Gasteiger partial charge in [0.05, 0.1) is 0 Å². The Kier molecular flexibility index (Phi) is 12.5. The van der Waals surface area contributed by atoms with Crippen LogP contribution in [0.15, 0.2) is 97.1 Å². The van der Waals surface area contributed by atoms with E-state index in [4.69, 9.17) is 0 Å². The third-order valence-corrected chi connectivity index (χ3v) is 10.9. The van der Waals surface area contributed by atoms with Crippen LogP contribution in [-0.4, -0.2) is 11.3 Å². The van der Waals surface area contributed by atoms with Crippen LogP contribution in [0.4, 0.5) is 65.9 Å². The molecule has 18 heteroatoms. The van der Waals surface area contributed by atoms with E-state index in [0.29, 0.717) is 17.9 Å². The lowest BCUT2D eigenvalue weighted by Gasteiger charge is -2.44. The van der Waals surface area contributed by atoms with E-state index in [0.717, 1.165) is 29.7 Å². The molecule has 0 amide bonds. The van der Waals surface area contributed by atoms with Gasteiger partial charge in [-0.25, -0.2) is 65.9 Å². The standard InChI is InChI=1S/C24H5BF15.C18H16OS/c26-10-7(11(27)17(33)22(38)16(10)32)25(6-4-2-1-3-5-6,8-12(28)18(34)23(39)19(35)13(8)29)9-14(30)20(36)24(40)21(37)15(9)31;19-17-10-8-14(9-11-17)12-20-13-16-6-3-5-15-4-1-2-7-18(15)16/h1-5H;1-11,19H,12-13H2/q-1;/p+1. The van der Waals surface area contributed by atoms with E-state index in [1.54, 1.807) is 12.1 Å². The third kappa shape index (κ3) is 7.41. The molecule has 0 aliphatic carbocycles. The molecule has 0 atom stereocenters. The van der Waals surface area contributed by atoms with Gasteiger partial charge in [-0.1, -0.05) is 84.9 Å². The van der Waals surface area contributed by atoms with E-state index in [2.05, 4.69) is 42.5 Å². The summed E-state index contributed by atoms with van der Waals surface area (Å²) in [4.78, 5) is 0. The first-order valence-corrected chi connectivity index (χ1v) is 18.4. The van der Waals surface area contributed by atoms with Gasteiger partial charge in [-0.15, -0.1) is 16.4 Å². The highest BCUT2D eigenvalue weighted by Gasteiger charge is 2.48. The number of aromatic hydroxyl groups is 1. The number of rotatable bonds is 8. The minimum Gasteiger partial charge on any atom is -0.508 e. The monoisotopic (exact) mass is 870 g/mol. The van der Waals surface area contributed by atoms with Crippen LogP contribution in [0, 0.1) is 87.3 Å². The number of phenolic OH excluding ortho intramolecular Hbond substituents is 1. The number of fused-ring (bicyclic) bond motifs is 1. The molecule has 0 saturated carbocycles. The molecule has 0 bridgehead atoms. The van der Waals surface area contributed by atoms with Crippen LogP contribution in [0.1, 0.15) is 11.1 Å². The highest BCUT2D eigenvalue weighted by atomic mass is 32.2. The van der Waals surface area contributed by atoms with Gasteiger partial charge in [-0.05, 0) is 34.7 Å². The average Bonchev–Trinajstić information content (AvgIpc) is 3.26. The Labute approximate surface area is 333 Å². The van der Waals surface area contributed by atoms with Gasteiger partial charge in [0.1, 0.15) is 58.3 Å². The quantitative estimate of drug-likeness (QED) is 0.0404. The number of hydrogen-bond acceptors (Lipinski definition) is 1. The van der Waals surface area contributed by atoms with Crippen molar-refractivity contribution >= 4 is 50.5 Å². The normalized spacial score (nSPS) is 11.5. The van der Waals surface area contributed by atoms with Gasteiger partial charge in [0.25, 0.3) is 0 Å². The van der Waals surface area contributed by atoms with Crippen LogP contribution in [0.5, 0.6) is 5.75 Å². The molecule has 0 aliphatic heterocycles. The van der Waals surface area contributed by atoms with Crippen molar-refractivity contribution < 1.29 is 71.0 Å². The number of phenols is 1. The molecule has 0 unspecified atom stereocenters. The molecule has 60 heavy (non-hydrogen) atoms. The highest BCUT2D eigenvalue weighted by molar-refractivity contribution is 7.76. The fraction of sp³-hybridized carbons (Fsp3) is 0.0476. The summed E-state index contributed by atoms with van der Waals surface area (Å²) in [6, 6.07) is 25.8. The van der Waals surface area contributed by atoms with Gasteiger partial charge in [0.15, 0.2) is 52.4 Å². The lowest BCUT2D eigenvalue weighted by molar-refractivity contribution is 0.380. The number of benzene rings is 7. The van der Waals surface area contributed by atoms with Crippen molar-refractivity contribution in [3.05, 3.63) is 195 Å². The number of thiol groups is 1. The second-order valence-electron chi connectivity index (χ2n) is 13.1. The fourth-order valence-electron chi connectivity index (χ4n) is 7.02. The maximum absolute atomic E-state index is 15.3. The highest BCUT2D eigenvalue weighted by Crippen LogP contribution is 2.28. The number of halogens is 15. The SMILES string of the molecule is Fc1c(F)c(F)c([B-](c2ccccc2)(c2c(F)c(F)c(F)c(F)c2F)c2c(F)c(F)c(F)c(F)c2F)c(F)c1F.Oc1ccc(C[SH+]Cc2cccc3ccccc23)cc1. The van der Waals surface area contributed by atoms with Crippen LogP contribution < -0.4 is 21.9 Å². The topological polar surface area (TPSA) is 20.2 Å². The minimum atomic E-state index is -5.72. The second-order valence-corrected chi connectivity index (χ2v) is 14.2. The molecule has 0 spiro atoms. The zero-order valence-electron chi connectivity index (χ0n) is 29.8. The first kappa shape index (κ1) is 43.5. The summed E-state index contributed by atoms with van der Waals surface area (Å²) in [5.41, 5.74) is -6.73. The van der Waals surface area contributed by atoms with Crippen LogP contribution in [-0.2, 0) is 23.3 Å². The van der Waals surface area contributed by atoms with Gasteiger partial charge >= 0.3 is 0 Å². The maximum Gasteiger partial charge on any atom is 0.200 e. The molecule has 0 radical (unpaired) electrons. The first-order valence-electron chi connectivity index (χ1n) is 17.1. The van der Waals surface area contributed by atoms with Crippen LogP contribution in [0.3, 0.4) is 0 Å². The third-order valence-electron chi connectivity index (χ3n) is 9.72. The van der Waals surface area contributed by atoms with Crippen LogP contribution in [0.2, 0.25) is 0 Å². The van der Waals surface area contributed by atoms with Crippen molar-refractivity contribution in [1.82, 2.24) is 0 Å². The molecule has 0 fully saturated rings. The first-order chi connectivity index (χ1) is 28.5. The Balaban J connectivity index is 0.000000251. The molecule has 7 aromatic rings. The summed E-state index contributed by atoms with van der Waals surface area (Å²) in [6.07, 6.45) is -5.72. The lowest BCUT2D eigenvalue weighted by atomic mass is 9.12. The zero-order valence-corrected chi connectivity index (χ0v) is 30.7. The predicted molar refractivity (Wildman–Crippen MR) is 198 cm³/mol. The fourth-order valence-corrected chi connectivity index (χ4v) is 8.12. The van der Waals surface area contributed by atoms with Gasteiger partial charge in [0.2, 0.25) is 0 Å². The van der Waals surface area contributed by atoms with E-state index in [9.17, 15) is 44.6 Å².